The number of thiazole rings is 1. The fourth-order valence-electron chi connectivity index (χ4n) is 3.76. The molecule has 2 amide bonds. The molecular formula is C22H26ClN5O3S. The van der Waals surface area contributed by atoms with Gasteiger partial charge in [-0.25, -0.2) is 4.68 Å². The second-order valence-corrected chi connectivity index (χ2v) is 10.5. The van der Waals surface area contributed by atoms with Crippen LogP contribution in [0.3, 0.4) is 0 Å². The Morgan fingerprint density at radius 1 is 1.22 bits per heavy atom. The number of nitrogens with zero attached hydrogens (tertiary/aromatic N) is 4. The van der Waals surface area contributed by atoms with Gasteiger partial charge in [0.15, 0.2) is 16.5 Å². The summed E-state index contributed by atoms with van der Waals surface area (Å²) in [5.74, 6) is -0.473. The van der Waals surface area contributed by atoms with E-state index in [0.29, 0.717) is 44.8 Å². The van der Waals surface area contributed by atoms with Gasteiger partial charge in [0.1, 0.15) is 4.70 Å². The van der Waals surface area contributed by atoms with E-state index in [9.17, 15) is 9.59 Å². The lowest BCUT2D eigenvalue weighted by molar-refractivity contribution is -0.0587. The number of anilines is 1. The molecule has 0 bridgehead atoms. The number of carbonyl (C=O) groups excluding carboxylic acids is 2. The van der Waals surface area contributed by atoms with Crippen LogP contribution in [0.2, 0.25) is 5.02 Å². The first-order valence-electron chi connectivity index (χ1n) is 10.4. The molecule has 0 saturated carbocycles. The lowest BCUT2D eigenvalue weighted by atomic mass is 10.1. The molecule has 2 atom stereocenters. The zero-order valence-corrected chi connectivity index (χ0v) is 20.3. The van der Waals surface area contributed by atoms with Gasteiger partial charge in [-0.2, -0.15) is 10.1 Å². The van der Waals surface area contributed by atoms with Crippen LogP contribution in [0.5, 0.6) is 0 Å². The van der Waals surface area contributed by atoms with Crippen molar-refractivity contribution < 1.29 is 14.3 Å². The highest BCUT2D eigenvalue weighted by Crippen LogP contribution is 2.33. The van der Waals surface area contributed by atoms with Gasteiger partial charge in [0, 0.05) is 23.7 Å². The number of morpholine rings is 1. The number of nitrogens with one attached hydrogen (secondary N) is 1. The monoisotopic (exact) mass is 475 g/mol. The minimum absolute atomic E-state index is 0.0445. The summed E-state index contributed by atoms with van der Waals surface area (Å²) in [6, 6.07) is 6.70. The van der Waals surface area contributed by atoms with Crippen LogP contribution in [0.25, 0.3) is 10.3 Å². The Kier molecular flexibility index (Phi) is 6.00. The maximum atomic E-state index is 13.4. The van der Waals surface area contributed by atoms with Crippen LogP contribution in [0.1, 0.15) is 55.5 Å². The second-order valence-electron chi connectivity index (χ2n) is 9.03. The van der Waals surface area contributed by atoms with E-state index >= 15 is 0 Å². The third-order valence-electron chi connectivity index (χ3n) is 5.08. The number of hydrogen-bond donors (Lipinski definition) is 1. The Labute approximate surface area is 195 Å². The Bertz CT molecular complexity index is 1170. The van der Waals surface area contributed by atoms with Crippen molar-refractivity contribution in [3.63, 3.8) is 0 Å². The molecule has 8 nitrogen and oxygen atoms in total. The average Bonchev–Trinajstić information content (AvgIpc) is 3.24. The Hall–Kier alpha value is -2.49. The lowest BCUT2D eigenvalue weighted by Gasteiger charge is -2.34. The summed E-state index contributed by atoms with van der Waals surface area (Å²) in [4.78, 5) is 32.5. The SMILES string of the molecule is CC1CN(C(=O)c2nn(C(C)(C)C)c3nc(NC(=O)c4cccc(Cl)c4)sc23)CC(C)O1. The third-order valence-corrected chi connectivity index (χ3v) is 6.28. The summed E-state index contributed by atoms with van der Waals surface area (Å²) < 4.78 is 8.16. The van der Waals surface area contributed by atoms with Gasteiger partial charge in [-0.15, -0.1) is 0 Å². The fraction of sp³-hybridized carbons (Fsp3) is 0.455. The summed E-state index contributed by atoms with van der Waals surface area (Å²) in [6.07, 6.45) is -0.0891. The summed E-state index contributed by atoms with van der Waals surface area (Å²) in [7, 11) is 0. The Morgan fingerprint density at radius 3 is 2.53 bits per heavy atom. The molecule has 0 radical (unpaired) electrons. The van der Waals surface area contributed by atoms with Crippen LogP contribution < -0.4 is 5.32 Å². The predicted octanol–water partition coefficient (Wildman–Crippen LogP) is 4.40. The normalized spacial score (nSPS) is 19.4. The van der Waals surface area contributed by atoms with Crippen molar-refractivity contribution in [2.75, 3.05) is 18.4 Å². The fourth-order valence-corrected chi connectivity index (χ4v) is 4.86. The number of hydrogen-bond acceptors (Lipinski definition) is 6. The highest BCUT2D eigenvalue weighted by Gasteiger charge is 2.32. The molecule has 10 heteroatoms. The first kappa shape index (κ1) is 22.7. The van der Waals surface area contributed by atoms with E-state index < -0.39 is 5.54 Å². The van der Waals surface area contributed by atoms with Gasteiger partial charge in [0.2, 0.25) is 0 Å². The zero-order chi connectivity index (χ0) is 23.2. The van der Waals surface area contributed by atoms with E-state index in [1.54, 1.807) is 33.8 Å². The molecule has 1 aromatic carbocycles. The third kappa shape index (κ3) is 4.51. The van der Waals surface area contributed by atoms with E-state index in [1.165, 1.54) is 11.3 Å². The molecular weight excluding hydrogens is 450 g/mol. The van der Waals surface area contributed by atoms with Crippen molar-refractivity contribution in [2.24, 2.45) is 0 Å². The van der Waals surface area contributed by atoms with Gasteiger partial charge in [0.25, 0.3) is 11.8 Å². The minimum Gasteiger partial charge on any atom is -0.372 e. The summed E-state index contributed by atoms with van der Waals surface area (Å²) in [5, 5.41) is 8.34. The largest absolute Gasteiger partial charge is 0.372 e. The highest BCUT2D eigenvalue weighted by atomic mass is 35.5. The van der Waals surface area contributed by atoms with Crippen molar-refractivity contribution >= 4 is 50.2 Å². The van der Waals surface area contributed by atoms with Gasteiger partial charge < -0.3 is 9.64 Å². The molecule has 2 unspecified atom stereocenters. The molecule has 4 rings (SSSR count). The van der Waals surface area contributed by atoms with Gasteiger partial charge >= 0.3 is 0 Å². The van der Waals surface area contributed by atoms with Crippen molar-refractivity contribution in [3.8, 4) is 0 Å². The highest BCUT2D eigenvalue weighted by molar-refractivity contribution is 7.22. The summed E-state index contributed by atoms with van der Waals surface area (Å²) in [6.45, 7) is 10.9. The zero-order valence-electron chi connectivity index (χ0n) is 18.7. The van der Waals surface area contributed by atoms with Crippen LogP contribution in [-0.4, -0.2) is 56.8 Å². The first-order chi connectivity index (χ1) is 15.0. The maximum Gasteiger partial charge on any atom is 0.276 e. The van der Waals surface area contributed by atoms with Crippen LogP contribution in [0, 0.1) is 0 Å². The number of rotatable bonds is 3. The minimum atomic E-state index is -0.398. The summed E-state index contributed by atoms with van der Waals surface area (Å²) >= 11 is 7.25. The number of halogens is 1. The molecule has 1 saturated heterocycles. The number of fused-ring (bicyclic) bond motifs is 1. The van der Waals surface area contributed by atoms with Crippen molar-refractivity contribution in [1.29, 1.82) is 0 Å². The Morgan fingerprint density at radius 2 is 1.91 bits per heavy atom. The van der Waals surface area contributed by atoms with E-state index in [0.717, 1.165) is 0 Å². The quantitative estimate of drug-likeness (QED) is 0.606. The number of aromatic nitrogens is 3. The predicted molar refractivity (Wildman–Crippen MR) is 126 cm³/mol. The van der Waals surface area contributed by atoms with E-state index in [2.05, 4.69) is 15.4 Å². The van der Waals surface area contributed by atoms with Crippen LogP contribution in [-0.2, 0) is 10.3 Å². The summed E-state index contributed by atoms with van der Waals surface area (Å²) in [5.41, 5.74) is 0.949. The molecule has 0 aliphatic carbocycles. The Balaban J connectivity index is 1.70. The second kappa shape index (κ2) is 8.46. The molecule has 0 spiro atoms. The number of benzene rings is 1. The molecule has 1 aliphatic heterocycles. The van der Waals surface area contributed by atoms with E-state index in [1.807, 2.05) is 34.6 Å². The van der Waals surface area contributed by atoms with Crippen molar-refractivity contribution in [3.05, 3.63) is 40.5 Å². The molecule has 32 heavy (non-hydrogen) atoms. The smallest absolute Gasteiger partial charge is 0.276 e. The van der Waals surface area contributed by atoms with Gasteiger partial charge in [-0.3, -0.25) is 14.9 Å². The first-order valence-corrected chi connectivity index (χ1v) is 11.6. The standard InChI is InChI=1S/C22H26ClN5O3S/c1-12-10-27(11-13(2)31-12)20(30)16-17-18(28(26-16)22(3,4)5)24-21(32-17)25-19(29)14-7-6-8-15(23)9-14/h6-9,12-13H,10-11H2,1-5H3,(H,24,25,29). The van der Waals surface area contributed by atoms with E-state index in [-0.39, 0.29) is 24.0 Å². The molecule has 3 aromatic rings. The average molecular weight is 476 g/mol. The van der Waals surface area contributed by atoms with Gasteiger partial charge in [-0.05, 0) is 52.8 Å². The maximum absolute atomic E-state index is 13.4. The number of carbonyl (C=O) groups is 2. The van der Waals surface area contributed by atoms with Crippen LogP contribution in [0.4, 0.5) is 5.13 Å². The molecule has 170 valence electrons. The topological polar surface area (TPSA) is 89.4 Å². The molecule has 1 aliphatic rings. The molecule has 2 aromatic heterocycles. The lowest BCUT2D eigenvalue weighted by Crippen LogP contribution is -2.48. The number of amides is 2. The molecule has 1 fully saturated rings. The number of ether oxygens (including phenoxy) is 1. The van der Waals surface area contributed by atoms with Crippen molar-refractivity contribution in [1.82, 2.24) is 19.7 Å². The van der Waals surface area contributed by atoms with E-state index in [4.69, 9.17) is 16.3 Å². The van der Waals surface area contributed by atoms with Gasteiger partial charge in [0.05, 0.1) is 17.7 Å². The van der Waals surface area contributed by atoms with Crippen molar-refractivity contribution in [2.45, 2.75) is 52.4 Å². The van der Waals surface area contributed by atoms with Gasteiger partial charge in [-0.1, -0.05) is 29.0 Å². The van der Waals surface area contributed by atoms with Crippen LogP contribution >= 0.6 is 22.9 Å². The van der Waals surface area contributed by atoms with Crippen LogP contribution in [0.15, 0.2) is 24.3 Å². The molecule has 1 N–H and O–H groups in total. The molecule has 3 heterocycles.